The Hall–Kier alpha value is -2.34. The van der Waals surface area contributed by atoms with Crippen molar-refractivity contribution in [1.82, 2.24) is 10.6 Å². The molecular formula is C19H25N3O2S. The van der Waals surface area contributed by atoms with Crippen molar-refractivity contribution in [3.05, 3.63) is 51.2 Å². The van der Waals surface area contributed by atoms with E-state index in [4.69, 9.17) is 0 Å². The van der Waals surface area contributed by atoms with Gasteiger partial charge in [-0.25, -0.2) is 4.79 Å². The molecule has 6 heteroatoms. The summed E-state index contributed by atoms with van der Waals surface area (Å²) in [6.45, 7) is 7.89. The SMILES string of the molecule is CCC(NC(=O)NCC(=O)Nc1c(C)cc(C)cc1C)c1cccs1. The molecule has 1 heterocycles. The van der Waals surface area contributed by atoms with Crippen LogP contribution in [0.4, 0.5) is 10.5 Å². The summed E-state index contributed by atoms with van der Waals surface area (Å²) in [4.78, 5) is 25.3. The number of benzene rings is 1. The first-order valence-electron chi connectivity index (χ1n) is 8.36. The van der Waals surface area contributed by atoms with Gasteiger partial charge < -0.3 is 16.0 Å². The van der Waals surface area contributed by atoms with Gasteiger partial charge in [-0.3, -0.25) is 4.79 Å². The Morgan fingerprint density at radius 1 is 1.16 bits per heavy atom. The van der Waals surface area contributed by atoms with Gasteiger partial charge in [0.25, 0.3) is 0 Å². The highest BCUT2D eigenvalue weighted by Crippen LogP contribution is 2.22. The van der Waals surface area contributed by atoms with Crippen LogP contribution in [0, 0.1) is 20.8 Å². The van der Waals surface area contributed by atoms with Gasteiger partial charge in [-0.1, -0.05) is 30.7 Å². The average molecular weight is 359 g/mol. The van der Waals surface area contributed by atoms with Crippen molar-refractivity contribution < 1.29 is 9.59 Å². The van der Waals surface area contributed by atoms with Crippen LogP contribution >= 0.6 is 11.3 Å². The van der Waals surface area contributed by atoms with Crippen molar-refractivity contribution in [3.63, 3.8) is 0 Å². The number of anilines is 1. The molecule has 1 unspecified atom stereocenters. The molecular weight excluding hydrogens is 334 g/mol. The zero-order valence-electron chi connectivity index (χ0n) is 15.1. The molecule has 2 aromatic rings. The summed E-state index contributed by atoms with van der Waals surface area (Å²) in [7, 11) is 0. The predicted octanol–water partition coefficient (Wildman–Crippen LogP) is 4.06. The number of amides is 3. The van der Waals surface area contributed by atoms with Crippen LogP contribution in [0.5, 0.6) is 0 Å². The molecule has 0 aliphatic heterocycles. The van der Waals surface area contributed by atoms with Crippen molar-refractivity contribution in [2.75, 3.05) is 11.9 Å². The van der Waals surface area contributed by atoms with Crippen LogP contribution in [-0.2, 0) is 4.79 Å². The third kappa shape index (κ3) is 5.32. The fourth-order valence-electron chi connectivity index (χ4n) is 2.79. The monoisotopic (exact) mass is 359 g/mol. The summed E-state index contributed by atoms with van der Waals surface area (Å²) in [5.74, 6) is -0.241. The Bertz CT molecular complexity index is 718. The number of carbonyl (C=O) groups excluding carboxylic acids is 2. The first-order valence-corrected chi connectivity index (χ1v) is 9.24. The number of rotatable bonds is 6. The first kappa shape index (κ1) is 19.0. The van der Waals surface area contributed by atoms with Crippen LogP contribution < -0.4 is 16.0 Å². The Morgan fingerprint density at radius 3 is 2.40 bits per heavy atom. The highest BCUT2D eigenvalue weighted by molar-refractivity contribution is 7.10. The topological polar surface area (TPSA) is 70.2 Å². The largest absolute Gasteiger partial charge is 0.331 e. The van der Waals surface area contributed by atoms with E-state index in [0.29, 0.717) is 0 Å². The minimum atomic E-state index is -0.340. The molecule has 5 nitrogen and oxygen atoms in total. The van der Waals surface area contributed by atoms with E-state index in [2.05, 4.69) is 16.0 Å². The minimum absolute atomic E-state index is 0.0374. The summed E-state index contributed by atoms with van der Waals surface area (Å²) in [5.41, 5.74) is 3.99. The van der Waals surface area contributed by atoms with Gasteiger partial charge in [-0.05, 0) is 49.8 Å². The molecule has 134 valence electrons. The van der Waals surface area contributed by atoms with E-state index < -0.39 is 0 Å². The molecule has 0 aliphatic rings. The lowest BCUT2D eigenvalue weighted by molar-refractivity contribution is -0.115. The Labute approximate surface area is 152 Å². The van der Waals surface area contributed by atoms with Gasteiger partial charge >= 0.3 is 6.03 Å². The second-order valence-electron chi connectivity index (χ2n) is 6.13. The Kier molecular flexibility index (Phi) is 6.58. The fourth-order valence-corrected chi connectivity index (χ4v) is 3.66. The lowest BCUT2D eigenvalue weighted by Crippen LogP contribution is -2.41. The van der Waals surface area contributed by atoms with Gasteiger partial charge in [0.15, 0.2) is 0 Å². The van der Waals surface area contributed by atoms with Crippen LogP contribution in [-0.4, -0.2) is 18.5 Å². The second kappa shape index (κ2) is 8.67. The molecule has 0 fully saturated rings. The number of hydrogen-bond donors (Lipinski definition) is 3. The first-order chi connectivity index (χ1) is 11.9. The predicted molar refractivity (Wildman–Crippen MR) is 103 cm³/mol. The van der Waals surface area contributed by atoms with Crippen LogP contribution in [0.3, 0.4) is 0 Å². The number of aryl methyl sites for hydroxylation is 3. The van der Waals surface area contributed by atoms with Gasteiger partial charge in [0, 0.05) is 10.6 Å². The molecule has 0 spiro atoms. The summed E-state index contributed by atoms with van der Waals surface area (Å²) in [6, 6.07) is 7.62. The Morgan fingerprint density at radius 2 is 1.84 bits per heavy atom. The molecule has 0 saturated carbocycles. The fraction of sp³-hybridized carbons (Fsp3) is 0.368. The highest BCUT2D eigenvalue weighted by Gasteiger charge is 2.14. The smallest absolute Gasteiger partial charge is 0.315 e. The number of nitrogens with one attached hydrogen (secondary N) is 3. The second-order valence-corrected chi connectivity index (χ2v) is 7.10. The van der Waals surface area contributed by atoms with E-state index in [0.717, 1.165) is 33.7 Å². The molecule has 0 bridgehead atoms. The number of hydrogen-bond acceptors (Lipinski definition) is 3. The van der Waals surface area contributed by atoms with Gasteiger partial charge in [0.2, 0.25) is 5.91 Å². The van der Waals surface area contributed by atoms with E-state index in [1.807, 2.05) is 57.3 Å². The van der Waals surface area contributed by atoms with Crippen LogP contribution in [0.1, 0.15) is 41.0 Å². The molecule has 1 atom stereocenters. The minimum Gasteiger partial charge on any atom is -0.331 e. The quantitative estimate of drug-likeness (QED) is 0.728. The van der Waals surface area contributed by atoms with Crippen molar-refractivity contribution in [3.8, 4) is 0 Å². The molecule has 25 heavy (non-hydrogen) atoms. The zero-order valence-corrected chi connectivity index (χ0v) is 15.9. The summed E-state index contributed by atoms with van der Waals surface area (Å²) < 4.78 is 0. The van der Waals surface area contributed by atoms with Gasteiger partial charge in [0.05, 0.1) is 12.6 Å². The van der Waals surface area contributed by atoms with Crippen molar-refractivity contribution in [2.45, 2.75) is 40.2 Å². The summed E-state index contributed by atoms with van der Waals surface area (Å²) >= 11 is 1.61. The van der Waals surface area contributed by atoms with Crippen molar-refractivity contribution in [2.24, 2.45) is 0 Å². The number of urea groups is 1. The summed E-state index contributed by atoms with van der Waals surface area (Å²) in [6.07, 6.45) is 0.794. The molecule has 3 N–H and O–H groups in total. The molecule has 0 radical (unpaired) electrons. The average Bonchev–Trinajstić information content (AvgIpc) is 3.08. The van der Waals surface area contributed by atoms with Crippen LogP contribution in [0.25, 0.3) is 0 Å². The third-order valence-electron chi connectivity index (χ3n) is 3.95. The van der Waals surface area contributed by atoms with E-state index in [-0.39, 0.29) is 24.5 Å². The standard InChI is InChI=1S/C19H25N3O2S/c1-5-15(16-7-6-8-25-16)21-19(24)20-11-17(23)22-18-13(3)9-12(2)10-14(18)4/h6-10,15H,5,11H2,1-4H3,(H,22,23)(H2,20,21,24). The number of thiophene rings is 1. The van der Waals surface area contributed by atoms with E-state index in [1.165, 1.54) is 0 Å². The molecule has 3 amide bonds. The lowest BCUT2D eigenvalue weighted by Gasteiger charge is -2.16. The normalized spacial score (nSPS) is 11.7. The maximum absolute atomic E-state index is 12.1. The third-order valence-corrected chi connectivity index (χ3v) is 4.94. The van der Waals surface area contributed by atoms with E-state index in [1.54, 1.807) is 11.3 Å². The zero-order chi connectivity index (χ0) is 18.4. The maximum atomic E-state index is 12.1. The lowest BCUT2D eigenvalue weighted by atomic mass is 10.1. The molecule has 0 aliphatic carbocycles. The molecule has 2 rings (SSSR count). The van der Waals surface area contributed by atoms with Crippen molar-refractivity contribution >= 4 is 29.0 Å². The van der Waals surface area contributed by atoms with E-state index >= 15 is 0 Å². The Balaban J connectivity index is 1.86. The van der Waals surface area contributed by atoms with Crippen molar-refractivity contribution in [1.29, 1.82) is 0 Å². The maximum Gasteiger partial charge on any atom is 0.315 e. The molecule has 1 aromatic heterocycles. The van der Waals surface area contributed by atoms with Crippen LogP contribution in [0.15, 0.2) is 29.6 Å². The van der Waals surface area contributed by atoms with Gasteiger partial charge in [0.1, 0.15) is 0 Å². The number of carbonyl (C=O) groups is 2. The molecule has 1 aromatic carbocycles. The van der Waals surface area contributed by atoms with Crippen LogP contribution in [0.2, 0.25) is 0 Å². The summed E-state index contributed by atoms with van der Waals surface area (Å²) in [5, 5.41) is 10.4. The van der Waals surface area contributed by atoms with Gasteiger partial charge in [-0.15, -0.1) is 11.3 Å². The van der Waals surface area contributed by atoms with E-state index in [9.17, 15) is 9.59 Å². The molecule has 0 saturated heterocycles. The van der Waals surface area contributed by atoms with Gasteiger partial charge in [-0.2, -0.15) is 0 Å². The highest BCUT2D eigenvalue weighted by atomic mass is 32.1.